The van der Waals surface area contributed by atoms with E-state index >= 15 is 0 Å². The van der Waals surface area contributed by atoms with Crippen molar-refractivity contribution in [3.05, 3.63) is 29.6 Å². The molecule has 0 saturated carbocycles. The van der Waals surface area contributed by atoms with Crippen molar-refractivity contribution in [2.24, 2.45) is 0 Å². The lowest BCUT2D eigenvalue weighted by molar-refractivity contribution is 0.192. The number of nitrogens with zero attached hydrogens (tertiary/aromatic N) is 1. The lowest BCUT2D eigenvalue weighted by Crippen LogP contribution is -2.33. The number of ether oxygens (including phenoxy) is 1. The van der Waals surface area contributed by atoms with Crippen molar-refractivity contribution >= 4 is 5.69 Å². The van der Waals surface area contributed by atoms with E-state index in [1.54, 1.807) is 19.1 Å². The number of aliphatic hydroxyl groups is 1. The summed E-state index contributed by atoms with van der Waals surface area (Å²) in [7, 11) is 1.85. The molecule has 1 saturated heterocycles. The maximum absolute atomic E-state index is 13.9. The number of hydrogen-bond donors (Lipinski definition) is 1. The molecule has 1 N–H and O–H groups in total. The summed E-state index contributed by atoms with van der Waals surface area (Å²) in [6.07, 6.45) is 0.217. The van der Waals surface area contributed by atoms with Crippen molar-refractivity contribution in [1.82, 2.24) is 0 Å². The quantitative estimate of drug-likeness (QED) is 0.876. The third kappa shape index (κ3) is 2.42. The number of aliphatic hydroxyl groups excluding tert-OH is 1. The molecule has 1 heterocycles. The van der Waals surface area contributed by atoms with E-state index in [2.05, 4.69) is 0 Å². The second kappa shape index (κ2) is 5.02. The predicted octanol–water partition coefficient (Wildman–Crippen LogP) is 2.10. The minimum absolute atomic E-state index is 0.185. The first kappa shape index (κ1) is 12.3. The molecular weight excluding hydrogens is 221 g/mol. The number of benzene rings is 1. The van der Waals surface area contributed by atoms with E-state index < -0.39 is 6.10 Å². The lowest BCUT2D eigenvalue weighted by atomic mass is 10.1. The van der Waals surface area contributed by atoms with Gasteiger partial charge in [0.25, 0.3) is 0 Å². The average Bonchev–Trinajstić information content (AvgIpc) is 2.81. The largest absolute Gasteiger partial charge is 0.389 e. The highest BCUT2D eigenvalue weighted by atomic mass is 19.1. The minimum atomic E-state index is -0.675. The Morgan fingerprint density at radius 2 is 2.29 bits per heavy atom. The van der Waals surface area contributed by atoms with Crippen molar-refractivity contribution in [3.8, 4) is 0 Å². The fourth-order valence-corrected chi connectivity index (χ4v) is 2.25. The number of likely N-dealkylation sites (N-methyl/N-ethyl adjacent to an activating group) is 1. The molecule has 0 aliphatic carbocycles. The average molecular weight is 239 g/mol. The van der Waals surface area contributed by atoms with Crippen LogP contribution >= 0.6 is 0 Å². The molecule has 2 atom stereocenters. The monoisotopic (exact) mass is 239 g/mol. The molecule has 2 rings (SSSR count). The summed E-state index contributed by atoms with van der Waals surface area (Å²) in [5.41, 5.74) is 1.11. The Kier molecular flexibility index (Phi) is 3.64. The zero-order valence-corrected chi connectivity index (χ0v) is 10.2. The fourth-order valence-electron chi connectivity index (χ4n) is 2.25. The third-order valence-corrected chi connectivity index (χ3v) is 3.27. The van der Waals surface area contributed by atoms with Crippen molar-refractivity contribution < 1.29 is 14.2 Å². The Hall–Kier alpha value is -1.13. The van der Waals surface area contributed by atoms with Gasteiger partial charge in [0, 0.05) is 19.2 Å². The first-order chi connectivity index (χ1) is 8.11. The molecule has 1 aliphatic heterocycles. The highest BCUT2D eigenvalue weighted by Crippen LogP contribution is 2.31. The van der Waals surface area contributed by atoms with Crippen LogP contribution in [0.25, 0.3) is 0 Å². The van der Waals surface area contributed by atoms with E-state index in [9.17, 15) is 9.50 Å². The summed E-state index contributed by atoms with van der Waals surface area (Å²) >= 11 is 0. The second-order valence-corrected chi connectivity index (χ2v) is 4.48. The maximum Gasteiger partial charge on any atom is 0.146 e. The molecule has 1 fully saturated rings. The smallest absolute Gasteiger partial charge is 0.146 e. The van der Waals surface area contributed by atoms with Gasteiger partial charge in [0.05, 0.1) is 24.4 Å². The molecule has 17 heavy (non-hydrogen) atoms. The minimum Gasteiger partial charge on any atom is -0.389 e. The highest BCUT2D eigenvalue weighted by molar-refractivity contribution is 5.56. The van der Waals surface area contributed by atoms with Gasteiger partial charge in [-0.2, -0.15) is 0 Å². The Bertz CT molecular complexity index is 389. The van der Waals surface area contributed by atoms with Crippen LogP contribution in [0.4, 0.5) is 10.1 Å². The summed E-state index contributed by atoms with van der Waals surface area (Å²) in [4.78, 5) is 1.88. The Labute approximate surface area is 101 Å². The predicted molar refractivity (Wildman–Crippen MR) is 64.7 cm³/mol. The summed E-state index contributed by atoms with van der Waals surface area (Å²) in [5.74, 6) is -0.294. The van der Waals surface area contributed by atoms with Crippen molar-refractivity contribution in [2.45, 2.75) is 25.5 Å². The van der Waals surface area contributed by atoms with Gasteiger partial charge in [-0.25, -0.2) is 4.39 Å². The molecule has 0 spiro atoms. The van der Waals surface area contributed by atoms with Crippen LogP contribution in [0.1, 0.15) is 25.0 Å². The number of rotatable bonds is 3. The Morgan fingerprint density at radius 3 is 2.88 bits per heavy atom. The van der Waals surface area contributed by atoms with Crippen LogP contribution < -0.4 is 4.90 Å². The van der Waals surface area contributed by atoms with Gasteiger partial charge in [-0.15, -0.1) is 0 Å². The Morgan fingerprint density at radius 1 is 1.53 bits per heavy atom. The zero-order chi connectivity index (χ0) is 12.4. The van der Waals surface area contributed by atoms with E-state index in [-0.39, 0.29) is 11.9 Å². The SMILES string of the molecule is C[C@H](O)c1cccc(F)c1N(C)C1CCOC1. The number of para-hydroxylation sites is 1. The first-order valence-electron chi connectivity index (χ1n) is 5.88. The molecule has 0 bridgehead atoms. The van der Waals surface area contributed by atoms with E-state index in [1.165, 1.54) is 6.07 Å². The molecular formula is C13H18FNO2. The van der Waals surface area contributed by atoms with E-state index in [4.69, 9.17) is 4.74 Å². The zero-order valence-electron chi connectivity index (χ0n) is 10.2. The summed E-state index contributed by atoms with van der Waals surface area (Å²) in [6.45, 7) is 2.98. The number of halogens is 1. The van der Waals surface area contributed by atoms with Crippen molar-refractivity contribution in [1.29, 1.82) is 0 Å². The van der Waals surface area contributed by atoms with Gasteiger partial charge in [0.1, 0.15) is 5.82 Å². The van der Waals surface area contributed by atoms with Crippen molar-refractivity contribution in [2.75, 3.05) is 25.2 Å². The molecule has 94 valence electrons. The first-order valence-corrected chi connectivity index (χ1v) is 5.88. The summed E-state index contributed by atoms with van der Waals surface area (Å²) < 4.78 is 19.2. The van der Waals surface area contributed by atoms with Gasteiger partial charge in [-0.3, -0.25) is 0 Å². The maximum atomic E-state index is 13.9. The van der Waals surface area contributed by atoms with E-state index in [0.29, 0.717) is 24.5 Å². The van der Waals surface area contributed by atoms with Gasteiger partial charge < -0.3 is 14.7 Å². The lowest BCUT2D eigenvalue weighted by Gasteiger charge is -2.28. The molecule has 0 amide bonds. The summed E-state index contributed by atoms with van der Waals surface area (Å²) in [5, 5.41) is 9.70. The normalized spacial score (nSPS) is 21.5. The van der Waals surface area contributed by atoms with Gasteiger partial charge in [-0.1, -0.05) is 12.1 Å². The second-order valence-electron chi connectivity index (χ2n) is 4.48. The molecule has 3 nitrogen and oxygen atoms in total. The Balaban J connectivity index is 2.35. The summed E-state index contributed by atoms with van der Waals surface area (Å²) in [6, 6.07) is 4.99. The van der Waals surface area contributed by atoms with Crippen LogP contribution in [0.15, 0.2) is 18.2 Å². The molecule has 1 unspecified atom stereocenters. The van der Waals surface area contributed by atoms with Gasteiger partial charge in [-0.05, 0) is 19.4 Å². The fraction of sp³-hybridized carbons (Fsp3) is 0.538. The van der Waals surface area contributed by atoms with Crippen molar-refractivity contribution in [3.63, 3.8) is 0 Å². The molecule has 4 heteroatoms. The van der Waals surface area contributed by atoms with Crippen LogP contribution in [-0.2, 0) is 4.74 Å². The number of anilines is 1. The van der Waals surface area contributed by atoms with E-state index in [0.717, 1.165) is 6.42 Å². The molecule has 0 radical (unpaired) electrons. The van der Waals surface area contributed by atoms with Crippen LogP contribution in [0.5, 0.6) is 0 Å². The molecule has 0 aromatic heterocycles. The molecule has 1 aromatic carbocycles. The molecule has 1 aromatic rings. The third-order valence-electron chi connectivity index (χ3n) is 3.27. The van der Waals surface area contributed by atoms with Crippen LogP contribution in [-0.4, -0.2) is 31.4 Å². The van der Waals surface area contributed by atoms with Crippen LogP contribution in [0.2, 0.25) is 0 Å². The van der Waals surface area contributed by atoms with Gasteiger partial charge in [0.2, 0.25) is 0 Å². The standard InChI is InChI=1S/C13H18FNO2/c1-9(16)11-4-3-5-12(14)13(11)15(2)10-6-7-17-8-10/h3-5,9-10,16H,6-8H2,1-2H3/t9-,10?/m0/s1. The topological polar surface area (TPSA) is 32.7 Å². The van der Waals surface area contributed by atoms with Crippen LogP contribution in [0, 0.1) is 5.82 Å². The molecule has 1 aliphatic rings. The van der Waals surface area contributed by atoms with E-state index in [1.807, 2.05) is 11.9 Å². The van der Waals surface area contributed by atoms with Gasteiger partial charge in [0.15, 0.2) is 0 Å². The van der Waals surface area contributed by atoms with Gasteiger partial charge >= 0.3 is 0 Å². The highest BCUT2D eigenvalue weighted by Gasteiger charge is 2.25. The number of hydrogen-bond acceptors (Lipinski definition) is 3. The van der Waals surface area contributed by atoms with Crippen LogP contribution in [0.3, 0.4) is 0 Å².